The van der Waals surface area contributed by atoms with E-state index in [1.54, 1.807) is 0 Å². The van der Waals surface area contributed by atoms with Crippen molar-refractivity contribution in [3.05, 3.63) is 22.2 Å². The van der Waals surface area contributed by atoms with Crippen molar-refractivity contribution < 1.29 is 5.11 Å². The van der Waals surface area contributed by atoms with Crippen molar-refractivity contribution in [3.63, 3.8) is 0 Å². The molecule has 90 valence electrons. The van der Waals surface area contributed by atoms with Gasteiger partial charge in [0, 0.05) is 12.5 Å². The van der Waals surface area contributed by atoms with Crippen LogP contribution in [0.5, 0.6) is 0 Å². The molecule has 0 aliphatic heterocycles. The van der Waals surface area contributed by atoms with E-state index >= 15 is 0 Å². The topological polar surface area (TPSA) is 78.0 Å². The van der Waals surface area contributed by atoms with Crippen LogP contribution in [0.3, 0.4) is 0 Å². The van der Waals surface area contributed by atoms with Crippen LogP contribution in [0.15, 0.2) is 10.9 Å². The zero-order valence-electron chi connectivity index (χ0n) is 10.0. The normalized spacial score (nSPS) is 14.5. The Morgan fingerprint density at radius 3 is 2.75 bits per heavy atom. The number of hydrogen-bond donors (Lipinski definition) is 3. The van der Waals surface area contributed by atoms with Crippen LogP contribution in [-0.2, 0) is 6.42 Å². The SMILES string of the molecule is CCc1nc(NC(C)(CC)CO)cc(=O)[nH]1. The van der Waals surface area contributed by atoms with Gasteiger partial charge in [-0.25, -0.2) is 4.98 Å². The second-order valence-electron chi connectivity index (χ2n) is 4.13. The van der Waals surface area contributed by atoms with Crippen molar-refractivity contribution in [2.45, 2.75) is 39.2 Å². The molecule has 16 heavy (non-hydrogen) atoms. The Labute approximate surface area is 94.9 Å². The highest BCUT2D eigenvalue weighted by Gasteiger charge is 2.21. The summed E-state index contributed by atoms with van der Waals surface area (Å²) in [5.74, 6) is 1.16. The largest absolute Gasteiger partial charge is 0.394 e. The Balaban J connectivity index is 2.96. The molecule has 5 heteroatoms. The fourth-order valence-electron chi connectivity index (χ4n) is 1.29. The molecule has 1 heterocycles. The van der Waals surface area contributed by atoms with Crippen molar-refractivity contribution in [2.24, 2.45) is 0 Å². The molecule has 0 aromatic carbocycles. The maximum atomic E-state index is 11.3. The number of aromatic amines is 1. The van der Waals surface area contributed by atoms with Crippen molar-refractivity contribution >= 4 is 5.82 Å². The summed E-state index contributed by atoms with van der Waals surface area (Å²) in [6.45, 7) is 5.78. The van der Waals surface area contributed by atoms with Crippen LogP contribution in [0.1, 0.15) is 33.0 Å². The molecule has 0 aliphatic rings. The predicted octanol–water partition coefficient (Wildman–Crippen LogP) is 0.905. The molecule has 0 bridgehead atoms. The molecule has 1 aromatic heterocycles. The van der Waals surface area contributed by atoms with E-state index in [1.807, 2.05) is 20.8 Å². The van der Waals surface area contributed by atoms with E-state index in [0.717, 1.165) is 6.42 Å². The number of aryl methyl sites for hydroxylation is 1. The van der Waals surface area contributed by atoms with Gasteiger partial charge in [0.25, 0.3) is 5.56 Å². The van der Waals surface area contributed by atoms with Crippen molar-refractivity contribution in [1.82, 2.24) is 9.97 Å². The Kier molecular flexibility index (Phi) is 4.06. The molecular weight excluding hydrogens is 206 g/mol. The highest BCUT2D eigenvalue weighted by Crippen LogP contribution is 2.14. The van der Waals surface area contributed by atoms with Gasteiger partial charge in [0.1, 0.15) is 11.6 Å². The first-order valence-electron chi connectivity index (χ1n) is 5.52. The van der Waals surface area contributed by atoms with Crippen LogP contribution < -0.4 is 10.9 Å². The summed E-state index contributed by atoms with van der Waals surface area (Å²) in [7, 11) is 0. The van der Waals surface area contributed by atoms with E-state index in [2.05, 4.69) is 15.3 Å². The third kappa shape index (κ3) is 3.06. The van der Waals surface area contributed by atoms with Crippen LogP contribution in [0.25, 0.3) is 0 Å². The first-order chi connectivity index (χ1) is 7.53. The highest BCUT2D eigenvalue weighted by atomic mass is 16.3. The fourth-order valence-corrected chi connectivity index (χ4v) is 1.29. The first-order valence-corrected chi connectivity index (χ1v) is 5.52. The molecule has 3 N–H and O–H groups in total. The summed E-state index contributed by atoms with van der Waals surface area (Å²) in [5.41, 5.74) is -0.614. The third-order valence-electron chi connectivity index (χ3n) is 2.68. The Morgan fingerprint density at radius 1 is 1.56 bits per heavy atom. The van der Waals surface area contributed by atoms with E-state index in [1.165, 1.54) is 6.07 Å². The summed E-state index contributed by atoms with van der Waals surface area (Å²) in [6.07, 6.45) is 1.42. The molecule has 1 aromatic rings. The van der Waals surface area contributed by atoms with Gasteiger partial charge in [-0.1, -0.05) is 13.8 Å². The monoisotopic (exact) mass is 225 g/mol. The average Bonchev–Trinajstić information content (AvgIpc) is 2.28. The van der Waals surface area contributed by atoms with E-state index in [4.69, 9.17) is 0 Å². The van der Waals surface area contributed by atoms with E-state index in [9.17, 15) is 9.90 Å². The minimum atomic E-state index is -0.439. The van der Waals surface area contributed by atoms with Gasteiger partial charge in [-0.3, -0.25) is 4.79 Å². The number of hydrogen-bond acceptors (Lipinski definition) is 4. The third-order valence-corrected chi connectivity index (χ3v) is 2.68. The molecule has 1 unspecified atom stereocenters. The zero-order valence-corrected chi connectivity index (χ0v) is 10.0. The van der Waals surface area contributed by atoms with Gasteiger partial charge in [-0.15, -0.1) is 0 Å². The van der Waals surface area contributed by atoms with Gasteiger partial charge in [0.05, 0.1) is 12.1 Å². The predicted molar refractivity (Wildman–Crippen MR) is 63.6 cm³/mol. The lowest BCUT2D eigenvalue weighted by Gasteiger charge is -2.27. The van der Waals surface area contributed by atoms with Crippen LogP contribution in [-0.4, -0.2) is 27.2 Å². The number of nitrogens with one attached hydrogen (secondary N) is 2. The number of rotatable bonds is 5. The summed E-state index contributed by atoms with van der Waals surface area (Å²) in [5, 5.41) is 12.4. The maximum absolute atomic E-state index is 11.3. The molecule has 0 spiro atoms. The number of aliphatic hydroxyl groups excluding tert-OH is 1. The second kappa shape index (κ2) is 5.12. The first kappa shape index (κ1) is 12.7. The molecule has 1 rings (SSSR count). The van der Waals surface area contributed by atoms with E-state index in [0.29, 0.717) is 18.1 Å². The minimum absolute atomic E-state index is 0.000558. The van der Waals surface area contributed by atoms with Gasteiger partial charge in [0.2, 0.25) is 0 Å². The van der Waals surface area contributed by atoms with Gasteiger partial charge >= 0.3 is 0 Å². The standard InChI is InChI=1S/C11H19N3O2/c1-4-8-12-9(6-10(16)13-8)14-11(3,5-2)7-15/h6,15H,4-5,7H2,1-3H3,(H2,12,13,14,16). The van der Waals surface area contributed by atoms with Gasteiger partial charge in [-0.2, -0.15) is 0 Å². The Bertz CT molecular complexity index is 396. The molecular formula is C11H19N3O2. The quantitative estimate of drug-likeness (QED) is 0.696. The van der Waals surface area contributed by atoms with Crippen LogP contribution in [0.2, 0.25) is 0 Å². The minimum Gasteiger partial charge on any atom is -0.394 e. The lowest BCUT2D eigenvalue weighted by atomic mass is 10.0. The van der Waals surface area contributed by atoms with Crippen LogP contribution in [0, 0.1) is 0 Å². The van der Waals surface area contributed by atoms with Crippen LogP contribution >= 0.6 is 0 Å². The number of aliphatic hydroxyl groups is 1. The molecule has 0 fully saturated rings. The molecule has 0 radical (unpaired) electrons. The lowest BCUT2D eigenvalue weighted by molar-refractivity contribution is 0.218. The summed E-state index contributed by atoms with van der Waals surface area (Å²) in [6, 6.07) is 1.41. The van der Waals surface area contributed by atoms with Crippen LogP contribution in [0.4, 0.5) is 5.82 Å². The number of nitrogens with zero attached hydrogens (tertiary/aromatic N) is 1. The Hall–Kier alpha value is -1.36. The molecule has 1 atom stereocenters. The molecule has 0 saturated carbocycles. The summed E-state index contributed by atoms with van der Waals surface area (Å²) < 4.78 is 0. The maximum Gasteiger partial charge on any atom is 0.252 e. The number of H-pyrrole nitrogens is 1. The van der Waals surface area contributed by atoms with E-state index in [-0.39, 0.29) is 12.2 Å². The van der Waals surface area contributed by atoms with Crippen molar-refractivity contribution in [3.8, 4) is 0 Å². The van der Waals surface area contributed by atoms with E-state index < -0.39 is 5.54 Å². The molecule has 0 amide bonds. The molecule has 5 nitrogen and oxygen atoms in total. The zero-order chi connectivity index (χ0) is 12.2. The van der Waals surface area contributed by atoms with Gasteiger partial charge in [0.15, 0.2) is 0 Å². The lowest BCUT2D eigenvalue weighted by Crippen LogP contribution is -2.38. The number of aromatic nitrogens is 2. The fraction of sp³-hybridized carbons (Fsp3) is 0.636. The van der Waals surface area contributed by atoms with Crippen molar-refractivity contribution in [2.75, 3.05) is 11.9 Å². The smallest absolute Gasteiger partial charge is 0.252 e. The molecule has 0 aliphatic carbocycles. The summed E-state index contributed by atoms with van der Waals surface area (Å²) >= 11 is 0. The van der Waals surface area contributed by atoms with Gasteiger partial charge in [-0.05, 0) is 13.3 Å². The Morgan fingerprint density at radius 2 is 2.25 bits per heavy atom. The number of anilines is 1. The second-order valence-corrected chi connectivity index (χ2v) is 4.13. The average molecular weight is 225 g/mol. The highest BCUT2D eigenvalue weighted by molar-refractivity contribution is 5.36. The molecule has 0 saturated heterocycles. The van der Waals surface area contributed by atoms with Crippen molar-refractivity contribution in [1.29, 1.82) is 0 Å². The summed E-state index contributed by atoms with van der Waals surface area (Å²) in [4.78, 5) is 18.2. The van der Waals surface area contributed by atoms with Gasteiger partial charge < -0.3 is 15.4 Å².